The van der Waals surface area contributed by atoms with E-state index < -0.39 is 12.0 Å². The van der Waals surface area contributed by atoms with Gasteiger partial charge in [0, 0.05) is 18.0 Å². The normalized spacial score (nSPS) is 19.7. The van der Waals surface area contributed by atoms with Gasteiger partial charge in [-0.1, -0.05) is 0 Å². The van der Waals surface area contributed by atoms with E-state index in [1.54, 1.807) is 22.7 Å². The highest BCUT2D eigenvalue weighted by Gasteiger charge is 2.33. The molecule has 0 spiro atoms. The number of carboxylic acid groups (broad SMARTS) is 1. The van der Waals surface area contributed by atoms with Gasteiger partial charge in [0.2, 0.25) is 0 Å². The van der Waals surface area contributed by atoms with E-state index in [2.05, 4.69) is 16.3 Å². The smallest absolute Gasteiger partial charge is 0.325 e. The van der Waals surface area contributed by atoms with E-state index in [0.717, 1.165) is 25.1 Å². The Balaban J connectivity index is 1.89. The Bertz CT molecular complexity index is 547. The highest BCUT2D eigenvalue weighted by molar-refractivity contribution is 7.10. The number of fused-ring (bicyclic) bond motifs is 1. The molecule has 1 atom stereocenters. The largest absolute Gasteiger partial charge is 0.480 e. The second-order valence-corrected chi connectivity index (χ2v) is 6.17. The molecule has 2 aromatic rings. The molecule has 0 amide bonds. The van der Waals surface area contributed by atoms with Crippen molar-refractivity contribution in [3.63, 3.8) is 0 Å². The Morgan fingerprint density at radius 3 is 3.06 bits per heavy atom. The van der Waals surface area contributed by atoms with Crippen molar-refractivity contribution in [1.82, 2.24) is 4.90 Å². The van der Waals surface area contributed by atoms with E-state index in [9.17, 15) is 9.90 Å². The lowest BCUT2D eigenvalue weighted by atomic mass is 9.99. The first-order valence-corrected chi connectivity index (χ1v) is 7.62. The summed E-state index contributed by atoms with van der Waals surface area (Å²) >= 11 is 3.32. The summed E-state index contributed by atoms with van der Waals surface area (Å²) in [6, 6.07) is 3.53. The zero-order chi connectivity index (χ0) is 12.5. The molecule has 3 rings (SSSR count). The van der Waals surface area contributed by atoms with Crippen molar-refractivity contribution in [2.24, 2.45) is 0 Å². The maximum Gasteiger partial charge on any atom is 0.325 e. The lowest BCUT2D eigenvalue weighted by molar-refractivity contribution is -0.144. The minimum Gasteiger partial charge on any atom is -0.480 e. The summed E-state index contributed by atoms with van der Waals surface area (Å²) in [7, 11) is 0. The molecule has 3 nitrogen and oxygen atoms in total. The Kier molecular flexibility index (Phi) is 3.20. The van der Waals surface area contributed by atoms with E-state index in [1.165, 1.54) is 10.4 Å². The molecule has 1 N–H and O–H groups in total. The highest BCUT2D eigenvalue weighted by atomic mass is 32.1. The van der Waals surface area contributed by atoms with Crippen LogP contribution in [0.1, 0.15) is 22.0 Å². The van der Waals surface area contributed by atoms with Gasteiger partial charge in [0.1, 0.15) is 6.04 Å². The second-order valence-electron chi connectivity index (χ2n) is 4.39. The van der Waals surface area contributed by atoms with E-state index in [1.807, 2.05) is 16.8 Å². The Labute approximate surface area is 113 Å². The van der Waals surface area contributed by atoms with Crippen LogP contribution in [0.3, 0.4) is 0 Å². The van der Waals surface area contributed by atoms with Crippen molar-refractivity contribution in [2.45, 2.75) is 19.0 Å². The molecule has 0 saturated heterocycles. The number of hydrogen-bond acceptors (Lipinski definition) is 4. The van der Waals surface area contributed by atoms with Crippen LogP contribution < -0.4 is 0 Å². The minimum atomic E-state index is -0.746. The number of hydrogen-bond donors (Lipinski definition) is 1. The molecular formula is C13H13NO2S2. The van der Waals surface area contributed by atoms with E-state index in [0.29, 0.717) is 0 Å². The topological polar surface area (TPSA) is 40.5 Å². The van der Waals surface area contributed by atoms with Gasteiger partial charge in [-0.05, 0) is 45.8 Å². The molecule has 1 aliphatic heterocycles. The third-order valence-electron chi connectivity index (χ3n) is 3.27. The highest BCUT2D eigenvalue weighted by Crippen LogP contribution is 2.34. The summed E-state index contributed by atoms with van der Waals surface area (Å²) in [4.78, 5) is 14.8. The molecule has 0 fully saturated rings. The van der Waals surface area contributed by atoms with Gasteiger partial charge in [0.05, 0.1) is 0 Å². The molecule has 5 heteroatoms. The second kappa shape index (κ2) is 4.84. The van der Waals surface area contributed by atoms with E-state index in [4.69, 9.17) is 0 Å². The van der Waals surface area contributed by atoms with Crippen molar-refractivity contribution in [1.29, 1.82) is 0 Å². The van der Waals surface area contributed by atoms with Gasteiger partial charge in [-0.3, -0.25) is 9.69 Å². The molecule has 2 aromatic heterocycles. The summed E-state index contributed by atoms with van der Waals surface area (Å²) in [5, 5.41) is 15.6. The predicted molar refractivity (Wildman–Crippen MR) is 73.1 cm³/mol. The summed E-state index contributed by atoms with van der Waals surface area (Å²) in [5.41, 5.74) is 2.18. The van der Waals surface area contributed by atoms with E-state index >= 15 is 0 Å². The van der Waals surface area contributed by atoms with Crippen molar-refractivity contribution >= 4 is 28.6 Å². The first kappa shape index (κ1) is 11.9. The first-order valence-electron chi connectivity index (χ1n) is 5.80. The van der Waals surface area contributed by atoms with Gasteiger partial charge >= 0.3 is 5.97 Å². The summed E-state index contributed by atoms with van der Waals surface area (Å²) < 4.78 is 0. The molecule has 0 radical (unpaired) electrons. The summed E-state index contributed by atoms with van der Waals surface area (Å²) in [6.45, 7) is 1.54. The van der Waals surface area contributed by atoms with E-state index in [-0.39, 0.29) is 0 Å². The predicted octanol–water partition coefficient (Wildman–Crippen LogP) is 2.99. The quantitative estimate of drug-likeness (QED) is 0.939. The summed E-state index contributed by atoms with van der Waals surface area (Å²) in [5.74, 6) is -0.746. The van der Waals surface area contributed by atoms with Crippen LogP contribution >= 0.6 is 22.7 Å². The zero-order valence-corrected chi connectivity index (χ0v) is 11.3. The summed E-state index contributed by atoms with van der Waals surface area (Å²) in [6.07, 6.45) is 0.959. The Morgan fingerprint density at radius 2 is 2.33 bits per heavy atom. The third kappa shape index (κ3) is 2.09. The number of aliphatic carboxylic acids is 1. The molecule has 1 unspecified atom stereocenters. The van der Waals surface area contributed by atoms with Gasteiger partial charge in [-0.2, -0.15) is 11.3 Å². The van der Waals surface area contributed by atoms with Crippen molar-refractivity contribution in [3.8, 4) is 0 Å². The van der Waals surface area contributed by atoms with Crippen LogP contribution in [0.5, 0.6) is 0 Å². The molecule has 3 heterocycles. The van der Waals surface area contributed by atoms with Gasteiger partial charge in [-0.25, -0.2) is 0 Å². The fraction of sp³-hybridized carbons (Fsp3) is 0.308. The SMILES string of the molecule is O=C(O)C1c2ccsc2CCN1Cc1ccsc1. The first-order chi connectivity index (χ1) is 8.75. The molecular weight excluding hydrogens is 266 g/mol. The Hall–Kier alpha value is -1.17. The molecule has 0 saturated carbocycles. The number of nitrogens with zero attached hydrogens (tertiary/aromatic N) is 1. The fourth-order valence-corrected chi connectivity index (χ4v) is 4.01. The third-order valence-corrected chi connectivity index (χ3v) is 4.99. The van der Waals surface area contributed by atoms with Gasteiger partial charge < -0.3 is 5.11 Å². The minimum absolute atomic E-state index is 0.486. The van der Waals surface area contributed by atoms with Crippen LogP contribution in [0.25, 0.3) is 0 Å². The lowest BCUT2D eigenvalue weighted by Crippen LogP contribution is -2.38. The van der Waals surface area contributed by atoms with Crippen LogP contribution in [0.4, 0.5) is 0 Å². The van der Waals surface area contributed by atoms with Crippen molar-refractivity contribution < 1.29 is 9.90 Å². The number of carbonyl (C=O) groups is 1. The van der Waals surface area contributed by atoms with Crippen LogP contribution in [-0.4, -0.2) is 22.5 Å². The maximum absolute atomic E-state index is 11.5. The van der Waals surface area contributed by atoms with Crippen LogP contribution in [0, 0.1) is 0 Å². The molecule has 1 aliphatic rings. The Morgan fingerprint density at radius 1 is 1.44 bits per heavy atom. The maximum atomic E-state index is 11.5. The van der Waals surface area contributed by atoms with Crippen molar-refractivity contribution in [2.75, 3.05) is 6.54 Å². The van der Waals surface area contributed by atoms with Crippen LogP contribution in [0.2, 0.25) is 0 Å². The van der Waals surface area contributed by atoms with Crippen LogP contribution in [-0.2, 0) is 17.8 Å². The molecule has 0 aliphatic carbocycles. The lowest BCUT2D eigenvalue weighted by Gasteiger charge is -2.32. The number of thiophene rings is 2. The zero-order valence-electron chi connectivity index (χ0n) is 9.70. The van der Waals surface area contributed by atoms with Gasteiger partial charge in [0.15, 0.2) is 0 Å². The van der Waals surface area contributed by atoms with Gasteiger partial charge in [0.25, 0.3) is 0 Å². The number of rotatable bonds is 3. The average Bonchev–Trinajstić information content (AvgIpc) is 2.98. The fourth-order valence-electron chi connectivity index (χ4n) is 2.44. The molecule has 94 valence electrons. The molecule has 18 heavy (non-hydrogen) atoms. The average molecular weight is 279 g/mol. The molecule has 0 aromatic carbocycles. The molecule has 0 bridgehead atoms. The monoisotopic (exact) mass is 279 g/mol. The van der Waals surface area contributed by atoms with Crippen LogP contribution in [0.15, 0.2) is 28.3 Å². The van der Waals surface area contributed by atoms with Gasteiger partial charge in [-0.15, -0.1) is 11.3 Å². The standard InChI is InChI=1S/C13H13NO2S2/c15-13(16)12-10-3-6-18-11(10)1-4-14(12)7-9-2-5-17-8-9/h2-3,5-6,8,12H,1,4,7H2,(H,15,16). The van der Waals surface area contributed by atoms with Crippen molar-refractivity contribution in [3.05, 3.63) is 44.3 Å². The number of carboxylic acids is 1.